The zero-order chi connectivity index (χ0) is 30.6. The third kappa shape index (κ3) is 5.44. The number of rotatable bonds is 5. The Labute approximate surface area is 257 Å². The van der Waals surface area contributed by atoms with E-state index in [1.54, 1.807) is 15.5 Å². The van der Waals surface area contributed by atoms with E-state index in [-0.39, 0.29) is 28.6 Å². The van der Waals surface area contributed by atoms with Gasteiger partial charge in [-0.05, 0) is 64.4 Å². The van der Waals surface area contributed by atoms with Crippen molar-refractivity contribution in [2.75, 3.05) is 50.4 Å². The number of nitrogens with zero attached hydrogens (tertiary/aromatic N) is 5. The van der Waals surface area contributed by atoms with Crippen molar-refractivity contribution in [2.45, 2.75) is 43.2 Å². The minimum Gasteiger partial charge on any atom is -0.350 e. The molecule has 0 unspecified atom stereocenters. The Kier molecular flexibility index (Phi) is 8.25. The van der Waals surface area contributed by atoms with Gasteiger partial charge in [0.1, 0.15) is 23.3 Å². The van der Waals surface area contributed by atoms with Crippen LogP contribution in [0.25, 0.3) is 22.0 Å². The van der Waals surface area contributed by atoms with Gasteiger partial charge in [-0.15, -0.1) is 11.8 Å². The lowest BCUT2D eigenvalue weighted by atomic mass is 9.90. The number of hydrogen-bond acceptors (Lipinski definition) is 6. The summed E-state index contributed by atoms with van der Waals surface area (Å²) in [4.78, 5) is 37.3. The Balaban J connectivity index is 1.53. The zero-order valence-electron chi connectivity index (χ0n) is 24.1. The summed E-state index contributed by atoms with van der Waals surface area (Å²) in [5.74, 6) is -1.97. The molecule has 12 heteroatoms. The summed E-state index contributed by atoms with van der Waals surface area (Å²) in [6.45, 7) is 8.77. The van der Waals surface area contributed by atoms with Crippen LogP contribution in [-0.2, 0) is 4.79 Å². The van der Waals surface area contributed by atoms with Gasteiger partial charge in [0.15, 0.2) is 0 Å². The summed E-state index contributed by atoms with van der Waals surface area (Å²) in [5, 5.41) is 0.678. The number of carbonyl (C=O) groups excluding carboxylic acids is 1. The van der Waals surface area contributed by atoms with Gasteiger partial charge in [0, 0.05) is 65.4 Å². The van der Waals surface area contributed by atoms with Crippen molar-refractivity contribution in [1.29, 1.82) is 0 Å². The zero-order valence-corrected chi connectivity index (χ0v) is 25.7. The highest BCUT2D eigenvalue weighted by atomic mass is 35.5. The van der Waals surface area contributed by atoms with E-state index in [4.69, 9.17) is 11.6 Å². The van der Waals surface area contributed by atoms with Crippen molar-refractivity contribution in [2.24, 2.45) is 5.92 Å². The molecule has 1 aromatic heterocycles. The molecule has 6 rings (SSSR count). The third-order valence-electron chi connectivity index (χ3n) is 8.97. The number of piperazine rings is 1. The number of benzene rings is 2. The molecule has 3 aliphatic rings. The number of aromatic nitrogens is 2. The Morgan fingerprint density at radius 2 is 1.81 bits per heavy atom. The molecule has 0 aliphatic carbocycles. The first-order valence-electron chi connectivity index (χ1n) is 14.5. The summed E-state index contributed by atoms with van der Waals surface area (Å²) >= 11 is 8.23. The van der Waals surface area contributed by atoms with Gasteiger partial charge in [-0.1, -0.05) is 18.2 Å². The van der Waals surface area contributed by atoms with Crippen LogP contribution in [-0.4, -0.2) is 76.8 Å². The van der Waals surface area contributed by atoms with Crippen LogP contribution in [0.2, 0.25) is 5.02 Å². The minimum absolute atomic E-state index is 0.0783. The predicted octanol–water partition coefficient (Wildman–Crippen LogP) is 5.74. The van der Waals surface area contributed by atoms with E-state index in [1.807, 2.05) is 11.8 Å². The average Bonchev–Trinajstić information content (AvgIpc) is 2.96. The first kappa shape index (κ1) is 30.0. The highest BCUT2D eigenvalue weighted by Crippen LogP contribution is 2.49. The standard InChI is InChI=1S/C31H33ClF3N5O2S/c1-4-25(41)38-9-10-39(17(2)15-38)30-21-14-22(32)26(27-23(34)12-19(33)13-24(27)35)29-28(21)40(31(42)36-30)20(16-43-29)11-18-5-7-37(3)8-6-18/h4,12-14,17-18,20H,1,5-11,15-16H2,2-3H3/t17-,20+/m0/s1. The van der Waals surface area contributed by atoms with Gasteiger partial charge in [-0.25, -0.2) is 18.0 Å². The highest BCUT2D eigenvalue weighted by Gasteiger charge is 2.35. The summed E-state index contributed by atoms with van der Waals surface area (Å²) in [7, 11) is 2.10. The maximum absolute atomic E-state index is 15.2. The van der Waals surface area contributed by atoms with Gasteiger partial charge in [-0.2, -0.15) is 4.98 Å². The second-order valence-electron chi connectivity index (χ2n) is 11.8. The van der Waals surface area contributed by atoms with Crippen molar-refractivity contribution < 1.29 is 18.0 Å². The summed E-state index contributed by atoms with van der Waals surface area (Å²) in [6, 6.07) is 2.54. The van der Waals surface area contributed by atoms with Crippen LogP contribution in [0.15, 0.2) is 40.5 Å². The lowest BCUT2D eigenvalue weighted by molar-refractivity contribution is -0.126. The molecular weight excluding hydrogens is 599 g/mol. The molecule has 4 heterocycles. The van der Waals surface area contributed by atoms with E-state index in [1.165, 1.54) is 17.8 Å². The minimum atomic E-state index is -1.07. The molecule has 2 atom stereocenters. The SMILES string of the molecule is C=CC(=O)N1CCN(c2nc(=O)n3c4c(c(-c5c(F)cc(F)cc5F)c(Cl)cc24)SC[C@H]3CC2CCN(C)CC2)[C@@H](C)C1. The fourth-order valence-corrected chi connectivity index (χ4v) is 8.45. The maximum atomic E-state index is 15.2. The van der Waals surface area contributed by atoms with Crippen molar-refractivity contribution in [3.05, 3.63) is 63.8 Å². The molecule has 2 aromatic carbocycles. The van der Waals surface area contributed by atoms with Crippen LogP contribution in [0, 0.1) is 23.4 Å². The fraction of sp³-hybridized carbons (Fsp3) is 0.452. The number of amides is 1. The second kappa shape index (κ2) is 11.8. The molecule has 0 radical (unpaired) electrons. The van der Waals surface area contributed by atoms with E-state index in [0.717, 1.165) is 32.4 Å². The van der Waals surface area contributed by atoms with Crippen LogP contribution in [0.4, 0.5) is 19.0 Å². The normalized spacial score (nSPS) is 21.4. The fourth-order valence-electron chi connectivity index (χ4n) is 6.75. The molecule has 2 fully saturated rings. The molecule has 0 bridgehead atoms. The molecule has 3 aliphatic heterocycles. The molecule has 2 saturated heterocycles. The first-order valence-corrected chi connectivity index (χ1v) is 15.9. The van der Waals surface area contributed by atoms with Gasteiger partial charge < -0.3 is 14.7 Å². The van der Waals surface area contributed by atoms with Crippen LogP contribution < -0.4 is 10.6 Å². The maximum Gasteiger partial charge on any atom is 0.350 e. The van der Waals surface area contributed by atoms with Gasteiger partial charge in [-0.3, -0.25) is 9.36 Å². The first-order chi connectivity index (χ1) is 20.6. The smallest absolute Gasteiger partial charge is 0.350 e. The molecular formula is C31H33ClF3N5O2S. The monoisotopic (exact) mass is 631 g/mol. The van der Waals surface area contributed by atoms with E-state index in [2.05, 4.69) is 23.5 Å². The Morgan fingerprint density at radius 1 is 1.12 bits per heavy atom. The van der Waals surface area contributed by atoms with E-state index in [9.17, 15) is 14.0 Å². The molecule has 7 nitrogen and oxygen atoms in total. The van der Waals surface area contributed by atoms with Crippen LogP contribution in [0.5, 0.6) is 0 Å². The summed E-state index contributed by atoms with van der Waals surface area (Å²) < 4.78 is 45.9. The highest BCUT2D eigenvalue weighted by molar-refractivity contribution is 7.99. The number of piperidine rings is 1. The van der Waals surface area contributed by atoms with E-state index in [0.29, 0.717) is 65.1 Å². The molecule has 3 aromatic rings. The number of anilines is 1. The number of likely N-dealkylation sites (tertiary alicyclic amines) is 1. The number of halogens is 4. The van der Waals surface area contributed by atoms with Gasteiger partial charge in [0.25, 0.3) is 0 Å². The largest absolute Gasteiger partial charge is 0.350 e. The summed E-state index contributed by atoms with van der Waals surface area (Å²) in [6.07, 6.45) is 4.12. The van der Waals surface area contributed by atoms with Gasteiger partial charge in [0.05, 0.1) is 16.1 Å². The quantitative estimate of drug-likeness (QED) is 0.335. The number of hydrogen-bond donors (Lipinski definition) is 0. The number of carbonyl (C=O) groups is 1. The lowest BCUT2D eigenvalue weighted by Gasteiger charge is -2.41. The van der Waals surface area contributed by atoms with Gasteiger partial charge >= 0.3 is 5.69 Å². The van der Waals surface area contributed by atoms with Crippen molar-refractivity contribution >= 4 is 46.0 Å². The summed E-state index contributed by atoms with van der Waals surface area (Å²) in [5.41, 5.74) is -0.228. The van der Waals surface area contributed by atoms with E-state index < -0.39 is 28.7 Å². The van der Waals surface area contributed by atoms with Crippen LogP contribution >= 0.6 is 23.4 Å². The Bertz CT molecular complexity index is 1650. The third-order valence-corrected chi connectivity index (χ3v) is 10.5. The molecule has 0 saturated carbocycles. The second-order valence-corrected chi connectivity index (χ2v) is 13.2. The topological polar surface area (TPSA) is 61.7 Å². The molecule has 0 spiro atoms. The Hall–Kier alpha value is -3.02. The van der Waals surface area contributed by atoms with E-state index >= 15 is 8.78 Å². The van der Waals surface area contributed by atoms with Crippen molar-refractivity contribution in [3.63, 3.8) is 0 Å². The molecule has 0 N–H and O–H groups in total. The number of thioether (sulfide) groups is 1. The van der Waals surface area contributed by atoms with Crippen molar-refractivity contribution in [1.82, 2.24) is 19.4 Å². The van der Waals surface area contributed by atoms with Crippen LogP contribution in [0.3, 0.4) is 0 Å². The van der Waals surface area contributed by atoms with Crippen LogP contribution in [0.1, 0.15) is 32.2 Å². The molecule has 43 heavy (non-hydrogen) atoms. The predicted molar refractivity (Wildman–Crippen MR) is 165 cm³/mol. The average molecular weight is 632 g/mol. The van der Waals surface area contributed by atoms with Gasteiger partial charge in [0.2, 0.25) is 5.91 Å². The van der Waals surface area contributed by atoms with Crippen molar-refractivity contribution in [3.8, 4) is 11.1 Å². The molecule has 228 valence electrons. The Morgan fingerprint density at radius 3 is 2.47 bits per heavy atom. The molecule has 1 amide bonds. The lowest BCUT2D eigenvalue weighted by Crippen LogP contribution is -2.54.